The third kappa shape index (κ3) is 2.14. The number of rotatable bonds is 2. The van der Waals surface area contributed by atoms with Crippen LogP contribution in [-0.4, -0.2) is 35.8 Å². The van der Waals surface area contributed by atoms with Crippen molar-refractivity contribution < 1.29 is 8.78 Å². The predicted octanol–water partition coefficient (Wildman–Crippen LogP) is 2.98. The fraction of sp³-hybridized carbons (Fsp3) is 1.00. The zero-order chi connectivity index (χ0) is 11.3. The molecule has 1 saturated carbocycles. The van der Waals surface area contributed by atoms with Crippen molar-refractivity contribution in [3.8, 4) is 0 Å². The SMILES string of the molecule is CC1CN(CC2(C)CC2(F)F)CCC1Cl. The highest BCUT2D eigenvalue weighted by molar-refractivity contribution is 6.20. The summed E-state index contributed by atoms with van der Waals surface area (Å²) < 4.78 is 26.1. The molecule has 0 aromatic heterocycles. The molecule has 1 heterocycles. The molecule has 0 radical (unpaired) electrons. The Kier molecular flexibility index (Phi) is 2.75. The van der Waals surface area contributed by atoms with Crippen LogP contribution in [0.15, 0.2) is 0 Å². The molecule has 0 amide bonds. The zero-order valence-electron chi connectivity index (χ0n) is 9.27. The van der Waals surface area contributed by atoms with Crippen molar-refractivity contribution in [3.63, 3.8) is 0 Å². The Morgan fingerprint density at radius 1 is 1.47 bits per heavy atom. The fourth-order valence-corrected chi connectivity index (χ4v) is 2.64. The third-order valence-corrected chi connectivity index (χ3v) is 4.48. The monoisotopic (exact) mass is 237 g/mol. The lowest BCUT2D eigenvalue weighted by Gasteiger charge is -2.35. The van der Waals surface area contributed by atoms with Gasteiger partial charge in [-0.15, -0.1) is 11.6 Å². The molecular weight excluding hydrogens is 220 g/mol. The molecule has 3 unspecified atom stereocenters. The summed E-state index contributed by atoms with van der Waals surface area (Å²) in [4.78, 5) is 2.14. The van der Waals surface area contributed by atoms with Crippen LogP contribution in [0.4, 0.5) is 8.78 Å². The van der Waals surface area contributed by atoms with E-state index in [-0.39, 0.29) is 11.8 Å². The second kappa shape index (κ2) is 3.56. The Bertz CT molecular complexity index is 259. The van der Waals surface area contributed by atoms with E-state index >= 15 is 0 Å². The van der Waals surface area contributed by atoms with Crippen LogP contribution in [0.2, 0.25) is 0 Å². The van der Waals surface area contributed by atoms with Crippen molar-refractivity contribution in [2.45, 2.75) is 38.0 Å². The molecule has 2 aliphatic rings. The second-order valence-corrected chi connectivity index (χ2v) is 6.02. The van der Waals surface area contributed by atoms with Crippen molar-refractivity contribution in [3.05, 3.63) is 0 Å². The predicted molar refractivity (Wildman–Crippen MR) is 57.5 cm³/mol. The van der Waals surface area contributed by atoms with Crippen LogP contribution in [-0.2, 0) is 0 Å². The molecule has 0 N–H and O–H groups in total. The molecule has 1 aliphatic heterocycles. The molecule has 1 nitrogen and oxygen atoms in total. The van der Waals surface area contributed by atoms with Crippen LogP contribution < -0.4 is 0 Å². The first-order valence-electron chi connectivity index (χ1n) is 5.58. The quantitative estimate of drug-likeness (QED) is 0.668. The van der Waals surface area contributed by atoms with Gasteiger partial charge in [0.1, 0.15) is 0 Å². The smallest absolute Gasteiger partial charge is 0.255 e. The lowest BCUT2D eigenvalue weighted by atomic mass is 9.98. The summed E-state index contributed by atoms with van der Waals surface area (Å²) >= 11 is 6.10. The van der Waals surface area contributed by atoms with Gasteiger partial charge in [-0.2, -0.15) is 0 Å². The first-order valence-corrected chi connectivity index (χ1v) is 6.02. The molecule has 88 valence electrons. The Balaban J connectivity index is 1.87. The lowest BCUT2D eigenvalue weighted by Crippen LogP contribution is -2.43. The molecule has 2 fully saturated rings. The van der Waals surface area contributed by atoms with Gasteiger partial charge < -0.3 is 4.90 Å². The molecule has 2 rings (SSSR count). The number of alkyl halides is 3. The molecule has 1 aliphatic carbocycles. The summed E-state index contributed by atoms with van der Waals surface area (Å²) in [7, 11) is 0. The van der Waals surface area contributed by atoms with E-state index in [4.69, 9.17) is 11.6 Å². The molecule has 4 heteroatoms. The lowest BCUT2D eigenvalue weighted by molar-refractivity contribution is 0.0457. The van der Waals surface area contributed by atoms with Gasteiger partial charge in [-0.1, -0.05) is 13.8 Å². The van der Waals surface area contributed by atoms with Gasteiger partial charge in [0, 0.05) is 30.3 Å². The summed E-state index contributed by atoms with van der Waals surface area (Å²) in [5.74, 6) is -2.02. The maximum absolute atomic E-state index is 13.1. The Hall–Kier alpha value is 0.110. The van der Waals surface area contributed by atoms with Gasteiger partial charge in [0.05, 0.1) is 0 Å². The van der Waals surface area contributed by atoms with Crippen molar-refractivity contribution >= 4 is 11.6 Å². The van der Waals surface area contributed by atoms with Gasteiger partial charge in [-0.05, 0) is 18.9 Å². The summed E-state index contributed by atoms with van der Waals surface area (Å²) in [5, 5.41) is 0.216. The molecule has 0 aromatic carbocycles. The maximum atomic E-state index is 13.1. The van der Waals surface area contributed by atoms with Crippen LogP contribution in [0.5, 0.6) is 0 Å². The highest BCUT2D eigenvalue weighted by atomic mass is 35.5. The Labute approximate surface area is 94.8 Å². The number of nitrogens with zero attached hydrogens (tertiary/aromatic N) is 1. The van der Waals surface area contributed by atoms with Gasteiger partial charge in [-0.3, -0.25) is 0 Å². The normalized spacial score (nSPS) is 45.4. The van der Waals surface area contributed by atoms with Gasteiger partial charge in [0.25, 0.3) is 5.92 Å². The molecule has 0 bridgehead atoms. The first kappa shape index (κ1) is 11.6. The average molecular weight is 238 g/mol. The van der Waals surface area contributed by atoms with E-state index in [0.29, 0.717) is 12.5 Å². The van der Waals surface area contributed by atoms with Crippen molar-refractivity contribution in [2.75, 3.05) is 19.6 Å². The van der Waals surface area contributed by atoms with Crippen LogP contribution in [0, 0.1) is 11.3 Å². The van der Waals surface area contributed by atoms with Crippen molar-refractivity contribution in [1.29, 1.82) is 0 Å². The molecule has 15 heavy (non-hydrogen) atoms. The largest absolute Gasteiger partial charge is 0.302 e. The maximum Gasteiger partial charge on any atom is 0.255 e. The third-order valence-electron chi connectivity index (χ3n) is 3.83. The van der Waals surface area contributed by atoms with Crippen molar-refractivity contribution in [1.82, 2.24) is 4.90 Å². The van der Waals surface area contributed by atoms with Gasteiger partial charge >= 0.3 is 0 Å². The molecule has 1 saturated heterocycles. The van der Waals surface area contributed by atoms with Gasteiger partial charge in [0.15, 0.2) is 0 Å². The van der Waals surface area contributed by atoms with Crippen LogP contribution in [0.1, 0.15) is 26.7 Å². The fourth-order valence-electron chi connectivity index (χ4n) is 2.46. The summed E-state index contributed by atoms with van der Waals surface area (Å²) in [6.45, 7) is 6.03. The summed E-state index contributed by atoms with van der Waals surface area (Å²) in [5.41, 5.74) is -0.772. The minimum absolute atomic E-state index is 0.0508. The number of halogens is 3. The van der Waals surface area contributed by atoms with Gasteiger partial charge in [0.2, 0.25) is 0 Å². The average Bonchev–Trinajstić information content (AvgIpc) is 2.58. The summed E-state index contributed by atoms with van der Waals surface area (Å²) in [6.07, 6.45) is 0.972. The molecular formula is C11H18ClF2N. The van der Waals surface area contributed by atoms with E-state index in [1.807, 2.05) is 0 Å². The van der Waals surface area contributed by atoms with E-state index in [0.717, 1.165) is 19.5 Å². The van der Waals surface area contributed by atoms with E-state index in [1.165, 1.54) is 0 Å². The highest BCUT2D eigenvalue weighted by Gasteiger charge is 2.68. The topological polar surface area (TPSA) is 3.24 Å². The minimum Gasteiger partial charge on any atom is -0.302 e. The minimum atomic E-state index is -2.44. The van der Waals surface area contributed by atoms with Crippen LogP contribution in [0.3, 0.4) is 0 Å². The summed E-state index contributed by atoms with van der Waals surface area (Å²) in [6, 6.07) is 0. The Morgan fingerprint density at radius 3 is 2.53 bits per heavy atom. The number of piperidine rings is 1. The number of hydrogen-bond acceptors (Lipinski definition) is 1. The first-order chi connectivity index (χ1) is 6.84. The number of hydrogen-bond donors (Lipinski definition) is 0. The van der Waals surface area contributed by atoms with E-state index in [1.54, 1.807) is 6.92 Å². The van der Waals surface area contributed by atoms with Crippen molar-refractivity contribution in [2.24, 2.45) is 11.3 Å². The van der Waals surface area contributed by atoms with Crippen LogP contribution >= 0.6 is 11.6 Å². The molecule has 3 atom stereocenters. The van der Waals surface area contributed by atoms with E-state index < -0.39 is 11.3 Å². The van der Waals surface area contributed by atoms with E-state index in [9.17, 15) is 8.78 Å². The molecule has 0 aromatic rings. The second-order valence-electron chi connectivity index (χ2n) is 5.46. The zero-order valence-corrected chi connectivity index (χ0v) is 10.0. The standard InChI is InChI=1S/C11H18ClF2N/c1-8-5-15(4-3-9(8)12)7-10(2)6-11(10,13)14/h8-9H,3-7H2,1-2H3. The highest BCUT2D eigenvalue weighted by Crippen LogP contribution is 2.60. The van der Waals surface area contributed by atoms with Crippen LogP contribution in [0.25, 0.3) is 0 Å². The van der Waals surface area contributed by atoms with Gasteiger partial charge in [-0.25, -0.2) is 8.78 Å². The number of likely N-dealkylation sites (tertiary alicyclic amines) is 1. The molecule has 0 spiro atoms. The Morgan fingerprint density at radius 2 is 2.07 bits per heavy atom. The van der Waals surface area contributed by atoms with E-state index in [2.05, 4.69) is 11.8 Å².